The van der Waals surface area contributed by atoms with Gasteiger partial charge in [-0.1, -0.05) is 91.0 Å². The second-order valence-electron chi connectivity index (χ2n) is 8.86. The summed E-state index contributed by atoms with van der Waals surface area (Å²) in [7, 11) is 0. The van der Waals surface area contributed by atoms with Gasteiger partial charge in [0.05, 0.1) is 0 Å². The normalized spacial score (nSPS) is 15.5. The van der Waals surface area contributed by atoms with Gasteiger partial charge in [-0.3, -0.25) is 4.79 Å². The summed E-state index contributed by atoms with van der Waals surface area (Å²) in [4.78, 5) is 14.8. The van der Waals surface area contributed by atoms with Crippen molar-refractivity contribution in [3.05, 3.63) is 108 Å². The fourth-order valence-electron chi connectivity index (χ4n) is 4.99. The zero-order valence-electron chi connectivity index (χ0n) is 18.7. The fourth-order valence-corrected chi connectivity index (χ4v) is 4.99. The van der Waals surface area contributed by atoms with Crippen LogP contribution >= 0.6 is 0 Å². The Morgan fingerprint density at radius 1 is 0.781 bits per heavy atom. The molecule has 0 bridgehead atoms. The predicted molar refractivity (Wildman–Crippen MR) is 130 cm³/mol. The van der Waals surface area contributed by atoms with Gasteiger partial charge in [-0.25, -0.2) is 0 Å². The van der Waals surface area contributed by atoms with Gasteiger partial charge in [-0.15, -0.1) is 0 Å². The summed E-state index contributed by atoms with van der Waals surface area (Å²) in [5.41, 5.74) is 1.80. The lowest BCUT2D eigenvalue weighted by Crippen LogP contribution is -2.44. The van der Waals surface area contributed by atoms with Gasteiger partial charge in [0.15, 0.2) is 5.78 Å². The molecular formula is C29H33NO2. The Balaban J connectivity index is 1.31. The molecule has 0 saturated carbocycles. The van der Waals surface area contributed by atoms with Crippen molar-refractivity contribution < 1.29 is 9.90 Å². The molecule has 0 aliphatic carbocycles. The van der Waals surface area contributed by atoms with Crippen LogP contribution < -0.4 is 0 Å². The van der Waals surface area contributed by atoms with Crippen LogP contribution in [0.3, 0.4) is 0 Å². The summed E-state index contributed by atoms with van der Waals surface area (Å²) in [6.45, 7) is 2.99. The number of benzene rings is 3. The number of Topliss-reactive ketones (excluding diaryl/α,β-unsaturated/α-hetero) is 1. The maximum atomic E-state index is 12.3. The van der Waals surface area contributed by atoms with Crippen LogP contribution in [0.25, 0.3) is 0 Å². The van der Waals surface area contributed by atoms with E-state index >= 15 is 0 Å². The molecule has 0 aromatic heterocycles. The highest BCUT2D eigenvalue weighted by atomic mass is 16.3. The lowest BCUT2D eigenvalue weighted by Gasteiger charge is -2.42. The number of likely N-dealkylation sites (tertiary alicyclic amines) is 1. The summed E-state index contributed by atoms with van der Waals surface area (Å²) in [6.07, 6.45) is 4.49. The van der Waals surface area contributed by atoms with E-state index in [2.05, 4.69) is 4.90 Å². The van der Waals surface area contributed by atoms with E-state index in [9.17, 15) is 9.90 Å². The molecule has 1 fully saturated rings. The topological polar surface area (TPSA) is 40.5 Å². The molecule has 0 radical (unpaired) electrons. The van der Waals surface area contributed by atoms with Crippen LogP contribution in [0, 0.1) is 5.92 Å². The number of unbranched alkanes of at least 4 members (excludes halogenated alkanes) is 1. The lowest BCUT2D eigenvalue weighted by atomic mass is 9.72. The average Bonchev–Trinajstić information content (AvgIpc) is 2.88. The van der Waals surface area contributed by atoms with Gasteiger partial charge in [0.2, 0.25) is 0 Å². The second-order valence-corrected chi connectivity index (χ2v) is 8.86. The molecule has 32 heavy (non-hydrogen) atoms. The molecule has 1 heterocycles. The number of hydrogen-bond acceptors (Lipinski definition) is 3. The quantitative estimate of drug-likeness (QED) is 0.352. The fraction of sp³-hybridized carbons (Fsp3) is 0.345. The van der Waals surface area contributed by atoms with Crippen molar-refractivity contribution in [1.82, 2.24) is 4.90 Å². The molecule has 0 amide bonds. The molecule has 1 N–H and O–H groups in total. The largest absolute Gasteiger partial charge is 0.380 e. The number of piperidine rings is 1. The number of hydrogen-bond donors (Lipinski definition) is 1. The SMILES string of the molecule is O=C(CCCCN1CCC(C(O)(c2ccccc2)c2ccccc2)CC1)c1ccccc1. The highest BCUT2D eigenvalue weighted by Gasteiger charge is 2.41. The van der Waals surface area contributed by atoms with Crippen molar-refractivity contribution in [3.8, 4) is 0 Å². The minimum absolute atomic E-state index is 0.184. The highest BCUT2D eigenvalue weighted by Crippen LogP contribution is 2.41. The first-order valence-corrected chi connectivity index (χ1v) is 11.8. The summed E-state index contributed by atoms with van der Waals surface area (Å²) in [5, 5.41) is 12.0. The van der Waals surface area contributed by atoms with E-state index in [1.807, 2.05) is 91.0 Å². The van der Waals surface area contributed by atoms with Crippen molar-refractivity contribution >= 4 is 5.78 Å². The Morgan fingerprint density at radius 2 is 1.28 bits per heavy atom. The first-order valence-electron chi connectivity index (χ1n) is 11.8. The lowest BCUT2D eigenvalue weighted by molar-refractivity contribution is -0.0143. The number of nitrogens with zero attached hydrogens (tertiary/aromatic N) is 1. The first kappa shape index (κ1) is 22.4. The van der Waals surface area contributed by atoms with Gasteiger partial charge < -0.3 is 10.0 Å². The number of carbonyl (C=O) groups is 1. The molecule has 3 nitrogen and oxygen atoms in total. The molecule has 0 spiro atoms. The van der Waals surface area contributed by atoms with Gasteiger partial charge in [-0.2, -0.15) is 0 Å². The Morgan fingerprint density at radius 3 is 1.81 bits per heavy atom. The van der Waals surface area contributed by atoms with Gasteiger partial charge in [-0.05, 0) is 62.4 Å². The van der Waals surface area contributed by atoms with Crippen molar-refractivity contribution in [2.24, 2.45) is 5.92 Å². The van der Waals surface area contributed by atoms with Crippen molar-refractivity contribution in [2.45, 2.75) is 37.7 Å². The van der Waals surface area contributed by atoms with Gasteiger partial charge in [0.25, 0.3) is 0 Å². The van der Waals surface area contributed by atoms with Crippen LogP contribution in [0.5, 0.6) is 0 Å². The summed E-state index contributed by atoms with van der Waals surface area (Å²) < 4.78 is 0. The molecule has 1 aliphatic heterocycles. The Labute approximate surface area is 191 Å². The Bertz CT molecular complexity index is 924. The van der Waals surface area contributed by atoms with E-state index < -0.39 is 5.60 Å². The zero-order valence-corrected chi connectivity index (χ0v) is 18.7. The highest BCUT2D eigenvalue weighted by molar-refractivity contribution is 5.95. The summed E-state index contributed by atoms with van der Waals surface area (Å²) in [5.74, 6) is 0.420. The molecule has 0 atom stereocenters. The van der Waals surface area contributed by atoms with Crippen LogP contribution in [-0.4, -0.2) is 35.4 Å². The van der Waals surface area contributed by atoms with Crippen LogP contribution in [-0.2, 0) is 5.60 Å². The third-order valence-corrected chi connectivity index (χ3v) is 6.83. The van der Waals surface area contributed by atoms with Gasteiger partial charge in [0, 0.05) is 12.0 Å². The summed E-state index contributed by atoms with van der Waals surface area (Å²) >= 11 is 0. The van der Waals surface area contributed by atoms with Crippen molar-refractivity contribution in [2.75, 3.05) is 19.6 Å². The predicted octanol–water partition coefficient (Wildman–Crippen LogP) is 5.69. The van der Waals surface area contributed by atoms with Crippen molar-refractivity contribution in [3.63, 3.8) is 0 Å². The second kappa shape index (κ2) is 10.7. The minimum Gasteiger partial charge on any atom is -0.380 e. The average molecular weight is 428 g/mol. The Hall–Kier alpha value is -2.75. The molecule has 166 valence electrons. The van der Waals surface area contributed by atoms with Crippen molar-refractivity contribution in [1.29, 1.82) is 0 Å². The Kier molecular flexibility index (Phi) is 7.51. The van der Waals surface area contributed by atoms with Crippen LogP contribution in [0.2, 0.25) is 0 Å². The van der Waals surface area contributed by atoms with Crippen LogP contribution in [0.1, 0.15) is 53.6 Å². The standard InChI is InChI=1S/C29H33NO2/c31-28(24-12-4-1-5-13-24)18-10-11-21-30-22-19-27(20-23-30)29(32,25-14-6-2-7-15-25)26-16-8-3-9-17-26/h1-9,12-17,27,32H,10-11,18-23H2. The molecule has 3 aromatic rings. The number of ketones is 1. The third-order valence-electron chi connectivity index (χ3n) is 6.83. The smallest absolute Gasteiger partial charge is 0.162 e. The van der Waals surface area contributed by atoms with E-state index in [4.69, 9.17) is 0 Å². The molecule has 3 heteroatoms. The van der Waals surface area contributed by atoms with Crippen LogP contribution in [0.15, 0.2) is 91.0 Å². The first-order chi connectivity index (χ1) is 15.7. The number of carbonyl (C=O) groups excluding carboxylic acids is 1. The van der Waals surface area contributed by atoms with Crippen LogP contribution in [0.4, 0.5) is 0 Å². The van der Waals surface area contributed by atoms with Gasteiger partial charge >= 0.3 is 0 Å². The molecule has 4 rings (SSSR count). The van der Waals surface area contributed by atoms with Gasteiger partial charge in [0.1, 0.15) is 5.60 Å². The zero-order chi connectivity index (χ0) is 22.2. The number of aliphatic hydroxyl groups is 1. The third kappa shape index (κ3) is 5.17. The van der Waals surface area contributed by atoms with E-state index in [0.29, 0.717) is 6.42 Å². The molecule has 0 unspecified atom stereocenters. The van der Waals surface area contributed by atoms with E-state index in [-0.39, 0.29) is 11.7 Å². The molecule has 3 aromatic carbocycles. The molecule has 1 saturated heterocycles. The van der Waals surface area contributed by atoms with E-state index in [1.165, 1.54) is 0 Å². The maximum absolute atomic E-state index is 12.3. The monoisotopic (exact) mass is 427 g/mol. The molecule has 1 aliphatic rings. The van der Waals surface area contributed by atoms with E-state index in [1.54, 1.807) is 0 Å². The minimum atomic E-state index is -0.962. The van der Waals surface area contributed by atoms with E-state index in [0.717, 1.165) is 62.0 Å². The summed E-state index contributed by atoms with van der Waals surface area (Å²) in [6, 6.07) is 29.8. The molecular weight excluding hydrogens is 394 g/mol. The maximum Gasteiger partial charge on any atom is 0.162 e. The number of rotatable bonds is 9.